The van der Waals surface area contributed by atoms with Gasteiger partial charge < -0.3 is 10.2 Å². The van der Waals surface area contributed by atoms with Gasteiger partial charge in [-0.2, -0.15) is 0 Å². The monoisotopic (exact) mass is 346 g/mol. The number of aromatic nitrogens is 2. The van der Waals surface area contributed by atoms with Crippen molar-refractivity contribution in [2.24, 2.45) is 0 Å². The molecule has 0 saturated heterocycles. The van der Waals surface area contributed by atoms with E-state index < -0.39 is 0 Å². The van der Waals surface area contributed by atoms with Crippen molar-refractivity contribution in [2.45, 2.75) is 20.4 Å². The van der Waals surface area contributed by atoms with Gasteiger partial charge in [-0.3, -0.25) is 4.79 Å². The summed E-state index contributed by atoms with van der Waals surface area (Å²) < 4.78 is 0. The van der Waals surface area contributed by atoms with Gasteiger partial charge in [0, 0.05) is 31.7 Å². The molecular weight excluding hydrogens is 324 g/mol. The zero-order chi connectivity index (χ0) is 18.5. The fourth-order valence-electron chi connectivity index (χ4n) is 2.64. The summed E-state index contributed by atoms with van der Waals surface area (Å²) in [6.07, 6.45) is 3.12. The molecule has 3 aromatic rings. The van der Waals surface area contributed by atoms with Crippen LogP contribution in [0, 0.1) is 13.8 Å². The topological polar surface area (TPSA) is 58.1 Å². The second kappa shape index (κ2) is 7.78. The van der Waals surface area contributed by atoms with E-state index in [0.29, 0.717) is 18.1 Å². The van der Waals surface area contributed by atoms with Crippen LogP contribution in [0.25, 0.3) is 0 Å². The maximum absolute atomic E-state index is 12.5. The van der Waals surface area contributed by atoms with Gasteiger partial charge in [-0.05, 0) is 36.6 Å². The molecule has 0 aliphatic carbocycles. The highest BCUT2D eigenvalue weighted by molar-refractivity contribution is 5.93. The van der Waals surface area contributed by atoms with Crippen molar-refractivity contribution in [1.29, 1.82) is 0 Å². The number of carbonyl (C=O) groups is 1. The highest BCUT2D eigenvalue weighted by atomic mass is 16.2. The molecule has 5 heteroatoms. The minimum atomic E-state index is -0.105. The summed E-state index contributed by atoms with van der Waals surface area (Å²) in [7, 11) is 1.78. The van der Waals surface area contributed by atoms with Gasteiger partial charge in [0.1, 0.15) is 0 Å². The second-order valence-corrected chi connectivity index (χ2v) is 6.39. The first-order chi connectivity index (χ1) is 12.5. The molecule has 26 heavy (non-hydrogen) atoms. The third-order valence-corrected chi connectivity index (χ3v) is 4.15. The zero-order valence-electron chi connectivity index (χ0n) is 15.2. The van der Waals surface area contributed by atoms with Crippen molar-refractivity contribution in [3.63, 3.8) is 0 Å². The molecule has 3 rings (SSSR count). The molecular formula is C21H22N4O. The zero-order valence-corrected chi connectivity index (χ0v) is 15.2. The molecule has 0 saturated carbocycles. The number of nitrogens with one attached hydrogen (secondary N) is 1. The molecule has 0 unspecified atom stereocenters. The summed E-state index contributed by atoms with van der Waals surface area (Å²) in [5, 5.41) is 3.20. The molecule has 2 aromatic carbocycles. The summed E-state index contributed by atoms with van der Waals surface area (Å²) in [6, 6.07) is 16.0. The molecule has 0 atom stereocenters. The quantitative estimate of drug-likeness (QED) is 0.755. The third-order valence-electron chi connectivity index (χ3n) is 4.15. The fourth-order valence-corrected chi connectivity index (χ4v) is 2.64. The molecule has 5 nitrogen and oxygen atoms in total. The normalized spacial score (nSPS) is 10.4. The van der Waals surface area contributed by atoms with Gasteiger partial charge in [-0.25, -0.2) is 9.97 Å². The number of nitrogens with zero attached hydrogens (tertiary/aromatic N) is 3. The predicted molar refractivity (Wildman–Crippen MR) is 103 cm³/mol. The number of carbonyl (C=O) groups excluding carboxylic acids is 1. The molecule has 0 aliphatic rings. The third kappa shape index (κ3) is 4.25. The van der Waals surface area contributed by atoms with Crippen LogP contribution in [0.1, 0.15) is 27.0 Å². The first-order valence-electron chi connectivity index (χ1n) is 8.48. The van der Waals surface area contributed by atoms with E-state index in [1.807, 2.05) is 56.3 Å². The molecule has 0 fully saturated rings. The van der Waals surface area contributed by atoms with Crippen LogP contribution in [0.3, 0.4) is 0 Å². The Morgan fingerprint density at radius 3 is 2.42 bits per heavy atom. The Morgan fingerprint density at radius 1 is 1.04 bits per heavy atom. The van der Waals surface area contributed by atoms with Gasteiger partial charge in [0.15, 0.2) is 0 Å². The van der Waals surface area contributed by atoms with Crippen LogP contribution in [-0.2, 0) is 6.54 Å². The fraction of sp³-hybridized carbons (Fsp3) is 0.190. The highest BCUT2D eigenvalue weighted by Crippen LogP contribution is 2.19. The maximum Gasteiger partial charge on any atom is 0.257 e. The average molecular weight is 346 g/mol. The van der Waals surface area contributed by atoms with E-state index in [0.717, 1.165) is 22.4 Å². The van der Waals surface area contributed by atoms with Gasteiger partial charge >= 0.3 is 0 Å². The van der Waals surface area contributed by atoms with Crippen LogP contribution >= 0.6 is 0 Å². The lowest BCUT2D eigenvalue weighted by molar-refractivity contribution is 0.0784. The molecule has 1 heterocycles. The summed E-state index contributed by atoms with van der Waals surface area (Å²) in [5.41, 5.74) is 4.78. The molecule has 0 aliphatic heterocycles. The van der Waals surface area contributed by atoms with E-state index in [4.69, 9.17) is 0 Å². The molecule has 0 radical (unpaired) electrons. The molecule has 0 bridgehead atoms. The van der Waals surface area contributed by atoms with Crippen LogP contribution in [0.15, 0.2) is 60.9 Å². The Hall–Kier alpha value is -3.21. The molecule has 1 amide bonds. The molecule has 0 spiro atoms. The maximum atomic E-state index is 12.5. The van der Waals surface area contributed by atoms with Gasteiger partial charge in [0.2, 0.25) is 5.95 Å². The average Bonchev–Trinajstić information content (AvgIpc) is 2.65. The van der Waals surface area contributed by atoms with Crippen molar-refractivity contribution < 1.29 is 4.79 Å². The van der Waals surface area contributed by atoms with Crippen LogP contribution in [0.2, 0.25) is 0 Å². The van der Waals surface area contributed by atoms with Crippen LogP contribution < -0.4 is 5.32 Å². The smallest absolute Gasteiger partial charge is 0.257 e. The Bertz CT molecular complexity index is 892. The SMILES string of the molecule is Cc1ccc(C)c(Nc2ncc(C(=O)N(C)Cc3ccccc3)cn2)c1. The first kappa shape index (κ1) is 17.6. The standard InChI is InChI=1S/C21H22N4O/c1-15-9-10-16(2)19(11-15)24-21-22-12-18(13-23-21)20(26)25(3)14-17-7-5-4-6-8-17/h4-13H,14H2,1-3H3,(H,22,23,24). The number of hydrogen-bond donors (Lipinski definition) is 1. The van der Waals surface area contributed by atoms with Crippen molar-refractivity contribution in [3.05, 3.63) is 83.2 Å². The van der Waals surface area contributed by atoms with E-state index in [2.05, 4.69) is 21.4 Å². The minimum Gasteiger partial charge on any atom is -0.337 e. The summed E-state index contributed by atoms with van der Waals surface area (Å²) in [5.74, 6) is 0.369. The first-order valence-corrected chi connectivity index (χ1v) is 8.48. The number of benzene rings is 2. The van der Waals surface area contributed by atoms with Crippen molar-refractivity contribution in [3.8, 4) is 0 Å². The van der Waals surface area contributed by atoms with Gasteiger partial charge in [0.05, 0.1) is 5.56 Å². The van der Waals surface area contributed by atoms with Gasteiger partial charge in [0.25, 0.3) is 5.91 Å². The van der Waals surface area contributed by atoms with Crippen LogP contribution in [-0.4, -0.2) is 27.8 Å². The second-order valence-electron chi connectivity index (χ2n) is 6.39. The Kier molecular flexibility index (Phi) is 5.27. The van der Waals surface area contributed by atoms with E-state index >= 15 is 0 Å². The van der Waals surface area contributed by atoms with Gasteiger partial charge in [-0.15, -0.1) is 0 Å². The molecule has 1 N–H and O–H groups in total. The van der Waals surface area contributed by atoms with Crippen LogP contribution in [0.4, 0.5) is 11.6 Å². The van der Waals surface area contributed by atoms with E-state index in [1.54, 1.807) is 24.3 Å². The Balaban J connectivity index is 1.68. The number of amides is 1. The largest absolute Gasteiger partial charge is 0.337 e. The van der Waals surface area contributed by atoms with Crippen molar-refractivity contribution in [2.75, 3.05) is 12.4 Å². The molecule has 1 aromatic heterocycles. The number of rotatable bonds is 5. The molecule has 132 valence electrons. The highest BCUT2D eigenvalue weighted by Gasteiger charge is 2.13. The summed E-state index contributed by atoms with van der Waals surface area (Å²) >= 11 is 0. The lowest BCUT2D eigenvalue weighted by Crippen LogP contribution is -2.26. The van der Waals surface area contributed by atoms with Crippen LogP contribution in [0.5, 0.6) is 0 Å². The van der Waals surface area contributed by atoms with Crippen molar-refractivity contribution >= 4 is 17.5 Å². The predicted octanol–water partition coefficient (Wildman–Crippen LogP) is 4.11. The lowest BCUT2D eigenvalue weighted by Gasteiger charge is -2.17. The van der Waals surface area contributed by atoms with E-state index in [1.165, 1.54) is 0 Å². The summed E-state index contributed by atoms with van der Waals surface area (Å²) in [4.78, 5) is 22.8. The minimum absolute atomic E-state index is 0.105. The Morgan fingerprint density at radius 2 is 1.73 bits per heavy atom. The number of hydrogen-bond acceptors (Lipinski definition) is 4. The van der Waals surface area contributed by atoms with E-state index in [9.17, 15) is 4.79 Å². The number of anilines is 2. The Labute approximate surface area is 153 Å². The van der Waals surface area contributed by atoms with E-state index in [-0.39, 0.29) is 5.91 Å². The summed E-state index contributed by atoms with van der Waals surface area (Å²) in [6.45, 7) is 4.61. The van der Waals surface area contributed by atoms with Crippen molar-refractivity contribution in [1.82, 2.24) is 14.9 Å². The lowest BCUT2D eigenvalue weighted by atomic mass is 10.1. The van der Waals surface area contributed by atoms with Gasteiger partial charge in [-0.1, -0.05) is 42.5 Å². The number of aryl methyl sites for hydroxylation is 2.